The number of sulfone groups is 1. The van der Waals surface area contributed by atoms with Gasteiger partial charge in [-0.3, -0.25) is 4.68 Å². The van der Waals surface area contributed by atoms with E-state index in [1.165, 1.54) is 0 Å². The second kappa shape index (κ2) is 3.61. The number of rotatable bonds is 3. The van der Waals surface area contributed by atoms with E-state index in [2.05, 4.69) is 5.10 Å². The van der Waals surface area contributed by atoms with Crippen molar-refractivity contribution in [2.75, 3.05) is 18.1 Å². The predicted octanol–water partition coefficient (Wildman–Crippen LogP) is -0.0852. The van der Waals surface area contributed by atoms with Crippen LogP contribution in [0.1, 0.15) is 24.4 Å². The predicted molar refractivity (Wildman–Crippen MR) is 57.4 cm³/mol. The molecule has 0 aromatic carbocycles. The summed E-state index contributed by atoms with van der Waals surface area (Å²) in [6.45, 7) is 2.60. The second-order valence-corrected chi connectivity index (χ2v) is 6.27. The first-order valence-electron chi connectivity index (χ1n) is 4.96. The van der Waals surface area contributed by atoms with Crippen LogP contribution >= 0.6 is 0 Å². The summed E-state index contributed by atoms with van der Waals surface area (Å²) in [6, 6.07) is 0.0220. The van der Waals surface area contributed by atoms with Crippen LogP contribution in [0.5, 0.6) is 0 Å². The lowest BCUT2D eigenvalue weighted by molar-refractivity contribution is 0.473. The Morgan fingerprint density at radius 3 is 2.87 bits per heavy atom. The molecule has 0 amide bonds. The first kappa shape index (κ1) is 10.6. The van der Waals surface area contributed by atoms with E-state index < -0.39 is 9.84 Å². The molecule has 84 valence electrons. The molecule has 1 saturated heterocycles. The summed E-state index contributed by atoms with van der Waals surface area (Å²) in [5.41, 5.74) is 6.62. The summed E-state index contributed by atoms with van der Waals surface area (Å²) in [5, 5.41) is 4.17. The van der Waals surface area contributed by atoms with Crippen LogP contribution in [0, 0.1) is 0 Å². The number of aromatic nitrogens is 2. The largest absolute Gasteiger partial charge is 0.330 e. The molecule has 0 bridgehead atoms. The van der Waals surface area contributed by atoms with Gasteiger partial charge in [-0.15, -0.1) is 0 Å². The molecular formula is C9H15N3O2S. The number of nitrogens with two attached hydrogens (primary N) is 1. The Bertz CT molecular complexity index is 440. The van der Waals surface area contributed by atoms with Crippen molar-refractivity contribution in [3.8, 4) is 0 Å². The zero-order valence-electron chi connectivity index (χ0n) is 8.63. The molecule has 1 aliphatic rings. The molecule has 2 rings (SSSR count). The second-order valence-electron chi connectivity index (χ2n) is 4.12. The van der Waals surface area contributed by atoms with E-state index in [9.17, 15) is 8.42 Å². The summed E-state index contributed by atoms with van der Waals surface area (Å²) >= 11 is 0. The lowest BCUT2D eigenvalue weighted by Crippen LogP contribution is -2.38. The zero-order chi connectivity index (χ0) is 11.1. The number of nitrogens with zero attached hydrogens (tertiary/aromatic N) is 2. The normalized spacial score (nSPS) is 22.3. The molecular weight excluding hydrogens is 214 g/mol. The Morgan fingerprint density at radius 2 is 2.33 bits per heavy atom. The smallest absolute Gasteiger partial charge is 0.154 e. The Morgan fingerprint density at radius 1 is 1.67 bits per heavy atom. The quantitative estimate of drug-likeness (QED) is 0.786. The maximum absolute atomic E-state index is 11.0. The minimum absolute atomic E-state index is 0.0220. The molecule has 1 aromatic heterocycles. The van der Waals surface area contributed by atoms with E-state index >= 15 is 0 Å². The summed E-state index contributed by atoms with van der Waals surface area (Å²) < 4.78 is 23.8. The van der Waals surface area contributed by atoms with Gasteiger partial charge in [-0.2, -0.15) is 5.10 Å². The van der Waals surface area contributed by atoms with Crippen LogP contribution in [0.2, 0.25) is 0 Å². The topological polar surface area (TPSA) is 78.0 Å². The maximum Gasteiger partial charge on any atom is 0.154 e. The average Bonchev–Trinajstić information content (AvgIpc) is 2.61. The van der Waals surface area contributed by atoms with Gasteiger partial charge in [0.2, 0.25) is 0 Å². The highest BCUT2D eigenvalue weighted by molar-refractivity contribution is 7.92. The van der Waals surface area contributed by atoms with E-state index in [-0.39, 0.29) is 23.5 Å². The van der Waals surface area contributed by atoms with E-state index in [0.717, 1.165) is 5.56 Å². The fraction of sp³-hybridized carbons (Fsp3) is 0.667. The highest BCUT2D eigenvalue weighted by atomic mass is 32.2. The van der Waals surface area contributed by atoms with Gasteiger partial charge in [0, 0.05) is 6.20 Å². The Hall–Kier alpha value is -0.880. The van der Waals surface area contributed by atoms with Crippen LogP contribution < -0.4 is 5.73 Å². The van der Waals surface area contributed by atoms with Gasteiger partial charge < -0.3 is 5.73 Å². The highest BCUT2D eigenvalue weighted by Crippen LogP contribution is 2.24. The summed E-state index contributed by atoms with van der Waals surface area (Å²) in [7, 11) is -2.78. The van der Waals surface area contributed by atoms with Gasteiger partial charge in [-0.1, -0.05) is 6.92 Å². The molecule has 0 spiro atoms. The molecule has 1 atom stereocenters. The van der Waals surface area contributed by atoms with Gasteiger partial charge in [0.1, 0.15) is 0 Å². The van der Waals surface area contributed by atoms with Crippen molar-refractivity contribution in [3.05, 3.63) is 18.0 Å². The average molecular weight is 229 g/mol. The highest BCUT2D eigenvalue weighted by Gasteiger charge is 2.35. The van der Waals surface area contributed by atoms with E-state index in [4.69, 9.17) is 5.73 Å². The third kappa shape index (κ3) is 2.05. The molecule has 2 N–H and O–H groups in total. The molecule has 6 heteroatoms. The third-order valence-electron chi connectivity index (χ3n) is 2.81. The first-order chi connectivity index (χ1) is 7.02. The first-order valence-corrected chi connectivity index (χ1v) is 6.78. The third-order valence-corrected chi connectivity index (χ3v) is 4.60. The molecule has 1 aromatic rings. The van der Waals surface area contributed by atoms with Crippen molar-refractivity contribution < 1.29 is 8.42 Å². The van der Waals surface area contributed by atoms with Crippen molar-refractivity contribution in [3.63, 3.8) is 0 Å². The summed E-state index contributed by atoms with van der Waals surface area (Å²) in [5.74, 6) is 0.700. The molecule has 1 fully saturated rings. The van der Waals surface area contributed by atoms with Crippen molar-refractivity contribution in [2.24, 2.45) is 5.73 Å². The van der Waals surface area contributed by atoms with Crippen molar-refractivity contribution in [2.45, 2.75) is 18.9 Å². The number of hydrogen-bond acceptors (Lipinski definition) is 4. The fourth-order valence-corrected chi connectivity index (χ4v) is 3.01. The van der Waals surface area contributed by atoms with Gasteiger partial charge in [-0.05, 0) is 18.0 Å². The Labute approximate surface area is 89.2 Å². The van der Waals surface area contributed by atoms with Crippen molar-refractivity contribution in [1.29, 1.82) is 0 Å². The molecule has 1 unspecified atom stereocenters. The summed E-state index contributed by atoms with van der Waals surface area (Å²) in [4.78, 5) is 0. The van der Waals surface area contributed by atoms with E-state index in [0.29, 0.717) is 6.54 Å². The maximum atomic E-state index is 11.0. The minimum atomic E-state index is -2.78. The molecule has 15 heavy (non-hydrogen) atoms. The molecule has 1 aliphatic heterocycles. The van der Waals surface area contributed by atoms with Crippen LogP contribution in [-0.4, -0.2) is 36.2 Å². The molecule has 5 nitrogen and oxygen atoms in total. The lowest BCUT2D eigenvalue weighted by atomic mass is 10.1. The van der Waals surface area contributed by atoms with Gasteiger partial charge >= 0.3 is 0 Å². The zero-order valence-corrected chi connectivity index (χ0v) is 9.44. The van der Waals surface area contributed by atoms with Gasteiger partial charge in [0.05, 0.1) is 23.7 Å². The van der Waals surface area contributed by atoms with Crippen molar-refractivity contribution >= 4 is 9.84 Å². The number of hydrogen-bond donors (Lipinski definition) is 1. The lowest BCUT2D eigenvalue weighted by Gasteiger charge is -2.25. The van der Waals surface area contributed by atoms with E-state index in [1.807, 2.05) is 13.1 Å². The standard InChI is InChI=1S/C9H15N3O2S/c1-7(2-10)8-3-11-12(4-8)9-5-15(13,14)6-9/h3-4,7,9H,2,5-6,10H2,1H3. The fourth-order valence-electron chi connectivity index (χ4n) is 1.63. The molecule has 0 saturated carbocycles. The SMILES string of the molecule is CC(CN)c1cnn(C2CS(=O)(=O)C2)c1. The molecule has 0 aliphatic carbocycles. The minimum Gasteiger partial charge on any atom is -0.330 e. The van der Waals surface area contributed by atoms with Gasteiger partial charge in [-0.25, -0.2) is 8.42 Å². The van der Waals surface area contributed by atoms with E-state index in [1.54, 1.807) is 10.9 Å². The van der Waals surface area contributed by atoms with Crippen LogP contribution in [0.3, 0.4) is 0 Å². The molecule has 2 heterocycles. The Balaban J connectivity index is 2.09. The van der Waals surface area contributed by atoms with Crippen LogP contribution in [-0.2, 0) is 9.84 Å². The van der Waals surface area contributed by atoms with Gasteiger partial charge in [0.15, 0.2) is 9.84 Å². The van der Waals surface area contributed by atoms with Crippen molar-refractivity contribution in [1.82, 2.24) is 9.78 Å². The van der Waals surface area contributed by atoms with Crippen LogP contribution in [0.25, 0.3) is 0 Å². The van der Waals surface area contributed by atoms with Gasteiger partial charge in [0.25, 0.3) is 0 Å². The van der Waals surface area contributed by atoms with Crippen LogP contribution in [0.15, 0.2) is 12.4 Å². The summed E-state index contributed by atoms with van der Waals surface area (Å²) in [6.07, 6.45) is 3.67. The monoisotopic (exact) mass is 229 g/mol. The van der Waals surface area contributed by atoms with Crippen LogP contribution in [0.4, 0.5) is 0 Å². The molecule has 0 radical (unpaired) electrons. The Kier molecular flexibility index (Phi) is 2.56.